The molecule has 0 spiro atoms. The first-order chi connectivity index (χ1) is 12.2. The topological polar surface area (TPSA) is 29.5 Å². The van der Waals surface area contributed by atoms with Crippen LogP contribution >= 0.6 is 23.4 Å². The standard InChI is InChI=1S/C20H26ClNO2S/c1-24-15-7-8-16-17(12-15)25-18(19(16)21)11-13-9-10-22(20(13)23)14-5-3-2-4-6-14/h7-8,12-14,16-17H,2-6,9-11H2,1H3. The highest BCUT2D eigenvalue weighted by Gasteiger charge is 2.40. The maximum absolute atomic E-state index is 12.9. The summed E-state index contributed by atoms with van der Waals surface area (Å²) in [6.45, 7) is 0.935. The van der Waals surface area contributed by atoms with E-state index in [1.807, 2.05) is 17.8 Å². The Hall–Kier alpha value is -0.870. The predicted octanol–water partition coefficient (Wildman–Crippen LogP) is 4.84. The van der Waals surface area contributed by atoms with Crippen LogP contribution in [0, 0.1) is 11.8 Å². The van der Waals surface area contributed by atoms with E-state index in [0.29, 0.717) is 17.2 Å². The minimum Gasteiger partial charge on any atom is -0.497 e. The van der Waals surface area contributed by atoms with Gasteiger partial charge in [-0.2, -0.15) is 0 Å². The fourth-order valence-corrected chi connectivity index (χ4v) is 6.53. The van der Waals surface area contributed by atoms with Crippen molar-refractivity contribution in [1.29, 1.82) is 0 Å². The van der Waals surface area contributed by atoms with Crippen LogP contribution in [0.25, 0.3) is 0 Å². The Morgan fingerprint density at radius 1 is 1.28 bits per heavy atom. The second-order valence-electron chi connectivity index (χ2n) is 7.52. The molecule has 2 aliphatic heterocycles. The van der Waals surface area contributed by atoms with E-state index in [4.69, 9.17) is 16.3 Å². The maximum atomic E-state index is 12.9. The molecule has 0 radical (unpaired) electrons. The van der Waals surface area contributed by atoms with Crippen molar-refractivity contribution in [2.24, 2.45) is 11.8 Å². The van der Waals surface area contributed by atoms with E-state index >= 15 is 0 Å². The maximum Gasteiger partial charge on any atom is 0.226 e. The molecule has 0 bridgehead atoms. The van der Waals surface area contributed by atoms with Gasteiger partial charge in [0.2, 0.25) is 5.91 Å². The SMILES string of the molecule is COC1=CC2SC(CC3CCN(C4CCCCC4)C3=O)=C(Cl)C2C=C1. The normalized spacial score (nSPS) is 33.0. The molecule has 3 atom stereocenters. The Balaban J connectivity index is 1.41. The summed E-state index contributed by atoms with van der Waals surface area (Å²) in [5.74, 6) is 1.63. The van der Waals surface area contributed by atoms with Crippen molar-refractivity contribution in [3.63, 3.8) is 0 Å². The predicted molar refractivity (Wildman–Crippen MR) is 103 cm³/mol. The molecule has 0 N–H and O–H groups in total. The number of carbonyl (C=O) groups is 1. The van der Waals surface area contributed by atoms with E-state index in [1.54, 1.807) is 7.11 Å². The first-order valence-corrected chi connectivity index (χ1v) is 10.7. The van der Waals surface area contributed by atoms with Crippen molar-refractivity contribution in [2.75, 3.05) is 13.7 Å². The molecule has 5 heteroatoms. The Labute approximate surface area is 159 Å². The first kappa shape index (κ1) is 17.5. The number of allylic oxidation sites excluding steroid dienone is 4. The third-order valence-corrected chi connectivity index (χ3v) is 7.99. The highest BCUT2D eigenvalue weighted by atomic mass is 35.5. The van der Waals surface area contributed by atoms with Gasteiger partial charge in [-0.1, -0.05) is 36.9 Å². The second kappa shape index (κ2) is 7.40. The molecule has 4 aliphatic rings. The van der Waals surface area contributed by atoms with Gasteiger partial charge in [-0.25, -0.2) is 0 Å². The largest absolute Gasteiger partial charge is 0.497 e. The Bertz CT molecular complexity index is 636. The third-order valence-electron chi connectivity index (χ3n) is 6.02. The van der Waals surface area contributed by atoms with Gasteiger partial charge in [-0.15, -0.1) is 11.8 Å². The zero-order chi connectivity index (χ0) is 17.4. The number of halogens is 1. The average molecular weight is 380 g/mol. The van der Waals surface area contributed by atoms with E-state index in [0.717, 1.165) is 30.2 Å². The van der Waals surface area contributed by atoms with Crippen molar-refractivity contribution < 1.29 is 9.53 Å². The lowest BCUT2D eigenvalue weighted by molar-refractivity contribution is -0.133. The van der Waals surface area contributed by atoms with Crippen LogP contribution in [-0.4, -0.2) is 35.8 Å². The molecular weight excluding hydrogens is 354 g/mol. The lowest BCUT2D eigenvalue weighted by atomic mass is 9.94. The van der Waals surface area contributed by atoms with Gasteiger partial charge in [0.15, 0.2) is 0 Å². The van der Waals surface area contributed by atoms with Gasteiger partial charge >= 0.3 is 0 Å². The van der Waals surface area contributed by atoms with Crippen LogP contribution < -0.4 is 0 Å². The van der Waals surface area contributed by atoms with Crippen LogP contribution in [0.4, 0.5) is 0 Å². The summed E-state index contributed by atoms with van der Waals surface area (Å²) >= 11 is 8.48. The Morgan fingerprint density at radius 3 is 2.84 bits per heavy atom. The molecule has 136 valence electrons. The summed E-state index contributed by atoms with van der Waals surface area (Å²) in [7, 11) is 1.70. The van der Waals surface area contributed by atoms with Crippen LogP contribution in [-0.2, 0) is 9.53 Å². The van der Waals surface area contributed by atoms with E-state index in [1.165, 1.54) is 37.0 Å². The highest BCUT2D eigenvalue weighted by molar-refractivity contribution is 8.04. The molecule has 3 nitrogen and oxygen atoms in total. The molecular formula is C20H26ClNO2S. The molecule has 0 aromatic heterocycles. The van der Waals surface area contributed by atoms with Crippen LogP contribution in [0.2, 0.25) is 0 Å². The summed E-state index contributed by atoms with van der Waals surface area (Å²) < 4.78 is 5.34. The Kier molecular flexibility index (Phi) is 5.19. The molecule has 1 saturated carbocycles. The quantitative estimate of drug-likeness (QED) is 0.699. The Morgan fingerprint density at radius 2 is 2.08 bits per heavy atom. The number of hydrogen-bond acceptors (Lipinski definition) is 3. The number of thioether (sulfide) groups is 1. The third kappa shape index (κ3) is 3.40. The zero-order valence-corrected chi connectivity index (χ0v) is 16.3. The van der Waals surface area contributed by atoms with Crippen molar-refractivity contribution >= 4 is 29.3 Å². The van der Waals surface area contributed by atoms with Crippen molar-refractivity contribution in [3.8, 4) is 0 Å². The molecule has 2 aliphatic carbocycles. The number of rotatable bonds is 4. The van der Waals surface area contributed by atoms with E-state index in [-0.39, 0.29) is 11.8 Å². The van der Waals surface area contributed by atoms with Gasteiger partial charge in [-0.3, -0.25) is 4.79 Å². The zero-order valence-electron chi connectivity index (χ0n) is 14.7. The summed E-state index contributed by atoms with van der Waals surface area (Å²) in [4.78, 5) is 16.3. The number of ether oxygens (including phenoxy) is 1. The average Bonchev–Trinajstić information content (AvgIpc) is 3.16. The van der Waals surface area contributed by atoms with Gasteiger partial charge in [-0.05, 0) is 37.8 Å². The lowest BCUT2D eigenvalue weighted by Crippen LogP contribution is -2.38. The highest BCUT2D eigenvalue weighted by Crippen LogP contribution is 2.50. The van der Waals surface area contributed by atoms with E-state index < -0.39 is 0 Å². The molecule has 1 saturated heterocycles. The number of methoxy groups -OCH3 is 1. The fraction of sp³-hybridized carbons (Fsp3) is 0.650. The van der Waals surface area contributed by atoms with Gasteiger partial charge in [0, 0.05) is 39.6 Å². The number of nitrogens with zero attached hydrogens (tertiary/aromatic N) is 1. The van der Waals surface area contributed by atoms with Crippen molar-refractivity contribution in [3.05, 3.63) is 33.9 Å². The smallest absolute Gasteiger partial charge is 0.226 e. The number of likely N-dealkylation sites (tertiary alicyclic amines) is 1. The van der Waals surface area contributed by atoms with Crippen molar-refractivity contribution in [2.45, 2.75) is 56.2 Å². The molecule has 4 rings (SSSR count). The van der Waals surface area contributed by atoms with Gasteiger partial charge in [0.1, 0.15) is 5.76 Å². The monoisotopic (exact) mass is 379 g/mol. The van der Waals surface area contributed by atoms with Gasteiger partial charge < -0.3 is 9.64 Å². The number of carbonyl (C=O) groups excluding carboxylic acids is 1. The van der Waals surface area contributed by atoms with E-state index in [2.05, 4.69) is 17.1 Å². The second-order valence-corrected chi connectivity index (χ2v) is 9.20. The first-order valence-electron chi connectivity index (χ1n) is 9.47. The summed E-state index contributed by atoms with van der Waals surface area (Å²) in [6.07, 6.45) is 14.3. The molecule has 0 aromatic rings. The minimum atomic E-state index is 0.119. The number of hydrogen-bond donors (Lipinski definition) is 0. The van der Waals surface area contributed by atoms with Crippen LogP contribution in [0.1, 0.15) is 44.9 Å². The van der Waals surface area contributed by atoms with Gasteiger partial charge in [0.25, 0.3) is 0 Å². The van der Waals surface area contributed by atoms with Crippen LogP contribution in [0.15, 0.2) is 33.9 Å². The van der Waals surface area contributed by atoms with Crippen LogP contribution in [0.3, 0.4) is 0 Å². The lowest BCUT2D eigenvalue weighted by Gasteiger charge is -2.31. The van der Waals surface area contributed by atoms with Crippen molar-refractivity contribution in [1.82, 2.24) is 4.90 Å². The summed E-state index contributed by atoms with van der Waals surface area (Å²) in [5.41, 5.74) is 0. The van der Waals surface area contributed by atoms with Crippen LogP contribution in [0.5, 0.6) is 0 Å². The molecule has 2 fully saturated rings. The molecule has 1 amide bonds. The minimum absolute atomic E-state index is 0.119. The molecule has 2 heterocycles. The fourth-order valence-electron chi connectivity index (χ4n) is 4.58. The molecule has 0 aromatic carbocycles. The summed E-state index contributed by atoms with van der Waals surface area (Å²) in [5, 5.41) is 1.25. The number of fused-ring (bicyclic) bond motifs is 1. The summed E-state index contributed by atoms with van der Waals surface area (Å²) in [6, 6.07) is 0.490. The van der Waals surface area contributed by atoms with E-state index in [9.17, 15) is 4.79 Å². The van der Waals surface area contributed by atoms with Gasteiger partial charge in [0.05, 0.1) is 7.11 Å². The molecule has 3 unspecified atom stereocenters. The molecule has 25 heavy (non-hydrogen) atoms. The number of amides is 1.